The summed E-state index contributed by atoms with van der Waals surface area (Å²) in [5.41, 5.74) is 0.630. The minimum atomic E-state index is -1.27. The van der Waals surface area contributed by atoms with Gasteiger partial charge in [-0.1, -0.05) is 12.8 Å². The van der Waals surface area contributed by atoms with Crippen LogP contribution in [0.2, 0.25) is 0 Å². The highest BCUT2D eigenvalue weighted by atomic mass is 32.2. The molecule has 2 unspecified atom stereocenters. The molecular formula is C31H47N9O8S. The molecule has 2 aromatic rings. The van der Waals surface area contributed by atoms with E-state index in [1.54, 1.807) is 7.05 Å². The number of aliphatic hydroxyl groups excluding tert-OH is 2. The summed E-state index contributed by atoms with van der Waals surface area (Å²) in [6.45, 7) is 1.33. The molecule has 5 heterocycles. The van der Waals surface area contributed by atoms with Crippen molar-refractivity contribution >= 4 is 52.6 Å². The van der Waals surface area contributed by atoms with Crippen molar-refractivity contribution in [2.75, 3.05) is 37.8 Å². The Morgan fingerprint density at radius 1 is 1.02 bits per heavy atom. The first kappa shape index (κ1) is 36.7. The molecule has 270 valence electrons. The van der Waals surface area contributed by atoms with Gasteiger partial charge in [0.1, 0.15) is 24.6 Å². The van der Waals surface area contributed by atoms with Crippen LogP contribution in [0.15, 0.2) is 12.7 Å². The maximum atomic E-state index is 12.7. The number of hydrogen-bond acceptors (Lipinski definition) is 12. The number of hydrogen-bond donors (Lipinski definition) is 7. The van der Waals surface area contributed by atoms with Gasteiger partial charge >= 0.3 is 12.0 Å². The van der Waals surface area contributed by atoms with Gasteiger partial charge in [-0.15, -0.1) is 0 Å². The summed E-state index contributed by atoms with van der Waals surface area (Å²) in [4.78, 5) is 61.9. The van der Waals surface area contributed by atoms with Crippen LogP contribution in [0.1, 0.15) is 70.4 Å². The summed E-state index contributed by atoms with van der Waals surface area (Å²) in [6, 6.07) is 0.322. The number of amides is 4. The lowest BCUT2D eigenvalue weighted by molar-refractivity contribution is -0.137. The fraction of sp³-hybridized carbons (Fsp3) is 0.710. The lowest BCUT2D eigenvalue weighted by Crippen LogP contribution is -2.38. The largest absolute Gasteiger partial charge is 0.481 e. The third kappa shape index (κ3) is 9.78. The van der Waals surface area contributed by atoms with Gasteiger partial charge in [-0.2, -0.15) is 11.8 Å². The Labute approximate surface area is 288 Å². The number of urea groups is 1. The molecule has 49 heavy (non-hydrogen) atoms. The van der Waals surface area contributed by atoms with E-state index in [4.69, 9.17) is 9.84 Å². The van der Waals surface area contributed by atoms with E-state index in [0.717, 1.165) is 37.9 Å². The van der Waals surface area contributed by atoms with Crippen LogP contribution in [-0.2, 0) is 19.1 Å². The fourth-order valence-corrected chi connectivity index (χ4v) is 8.05. The molecule has 3 aliphatic heterocycles. The Morgan fingerprint density at radius 3 is 2.63 bits per heavy atom. The highest BCUT2D eigenvalue weighted by molar-refractivity contribution is 8.00. The summed E-state index contributed by atoms with van der Waals surface area (Å²) < 4.78 is 7.49. The molecule has 3 aliphatic rings. The van der Waals surface area contributed by atoms with Crippen LogP contribution in [-0.4, -0.2) is 132 Å². The number of anilines is 1. The Bertz CT molecular complexity index is 1460. The summed E-state index contributed by atoms with van der Waals surface area (Å²) in [5, 5.41) is 42.3. The Balaban J connectivity index is 0.978. The average molecular weight is 706 g/mol. The normalized spacial score (nSPS) is 26.1. The Hall–Kier alpha value is -3.58. The maximum absolute atomic E-state index is 12.7. The SMILES string of the molecule is CN(CCCC(=O)O)C[C@H]1OC(n2cnc3c(NC(=O)CCCCCNC(=O)CCCCC4SC[C@@H]5NC(=O)N[C@H]45)ncnc32)[C@H](O)[C@@H]1O. The zero-order valence-corrected chi connectivity index (χ0v) is 28.4. The van der Waals surface area contributed by atoms with Crippen molar-refractivity contribution in [2.24, 2.45) is 0 Å². The van der Waals surface area contributed by atoms with E-state index >= 15 is 0 Å². The van der Waals surface area contributed by atoms with Crippen molar-refractivity contribution in [3.8, 4) is 0 Å². The van der Waals surface area contributed by atoms with E-state index in [9.17, 15) is 29.4 Å². The molecule has 0 aliphatic carbocycles. The molecule has 0 spiro atoms. The third-order valence-electron chi connectivity index (χ3n) is 9.13. The molecule has 7 atom stereocenters. The van der Waals surface area contributed by atoms with Crippen LogP contribution >= 0.6 is 11.8 Å². The van der Waals surface area contributed by atoms with Crippen molar-refractivity contribution < 1.29 is 39.2 Å². The van der Waals surface area contributed by atoms with Gasteiger partial charge in [-0.3, -0.25) is 19.0 Å². The molecule has 7 N–H and O–H groups in total. The third-order valence-corrected chi connectivity index (χ3v) is 10.6. The zero-order valence-electron chi connectivity index (χ0n) is 27.6. The average Bonchev–Trinajstić information content (AvgIpc) is 3.81. The maximum Gasteiger partial charge on any atom is 0.315 e. The number of unbranched alkanes of at least 4 members (excludes halogenated alkanes) is 3. The lowest BCUT2D eigenvalue weighted by atomic mass is 10.0. The number of thioether (sulfide) groups is 1. The van der Waals surface area contributed by atoms with E-state index in [1.165, 1.54) is 17.2 Å². The number of carbonyl (C=O) groups excluding carboxylic acids is 3. The predicted octanol–water partition coefficient (Wildman–Crippen LogP) is 0.583. The van der Waals surface area contributed by atoms with Gasteiger partial charge < -0.3 is 46.2 Å². The van der Waals surface area contributed by atoms with Crippen LogP contribution < -0.4 is 21.3 Å². The van der Waals surface area contributed by atoms with Crippen LogP contribution in [0.5, 0.6) is 0 Å². The van der Waals surface area contributed by atoms with Crippen LogP contribution in [0, 0.1) is 0 Å². The second-order valence-electron chi connectivity index (χ2n) is 12.9. The summed E-state index contributed by atoms with van der Waals surface area (Å²) in [5.74, 6) is 0.0664. The number of aromatic nitrogens is 4. The number of likely N-dealkylation sites (N-methyl/N-ethyl adjacent to an activating group) is 1. The molecule has 0 radical (unpaired) electrons. The number of rotatable bonds is 19. The lowest BCUT2D eigenvalue weighted by Gasteiger charge is -2.22. The first-order chi connectivity index (χ1) is 23.6. The smallest absolute Gasteiger partial charge is 0.315 e. The van der Waals surface area contributed by atoms with Crippen molar-refractivity contribution in [3.63, 3.8) is 0 Å². The molecule has 18 heteroatoms. The number of aliphatic carboxylic acids is 1. The second-order valence-corrected chi connectivity index (χ2v) is 14.2. The van der Waals surface area contributed by atoms with Crippen LogP contribution in [0.4, 0.5) is 10.6 Å². The van der Waals surface area contributed by atoms with Gasteiger partial charge in [0, 0.05) is 43.4 Å². The van der Waals surface area contributed by atoms with Crippen molar-refractivity contribution in [3.05, 3.63) is 12.7 Å². The highest BCUT2D eigenvalue weighted by Crippen LogP contribution is 2.34. The number of ether oxygens (including phenoxy) is 1. The van der Waals surface area contributed by atoms with E-state index < -0.39 is 30.5 Å². The molecule has 2 aromatic heterocycles. The predicted molar refractivity (Wildman–Crippen MR) is 180 cm³/mol. The second kappa shape index (κ2) is 17.4. The first-order valence-electron chi connectivity index (χ1n) is 17.0. The highest BCUT2D eigenvalue weighted by Gasteiger charge is 2.45. The quantitative estimate of drug-likeness (QED) is 0.0784. The number of nitrogens with one attached hydrogen (secondary N) is 4. The van der Waals surface area contributed by atoms with Crippen LogP contribution in [0.3, 0.4) is 0 Å². The summed E-state index contributed by atoms with van der Waals surface area (Å²) in [6.07, 6.45) is 4.63. The molecule has 0 bridgehead atoms. The van der Waals surface area contributed by atoms with Crippen molar-refractivity contribution in [1.29, 1.82) is 0 Å². The van der Waals surface area contributed by atoms with E-state index in [-0.39, 0.29) is 55.1 Å². The van der Waals surface area contributed by atoms with Gasteiger partial charge in [0.05, 0.1) is 18.4 Å². The number of carboxylic acids is 1. The number of carbonyl (C=O) groups is 4. The molecule has 3 saturated heterocycles. The number of carboxylic acid groups (broad SMARTS) is 1. The molecule has 0 aromatic carbocycles. The summed E-state index contributed by atoms with van der Waals surface area (Å²) in [7, 11) is 1.79. The van der Waals surface area contributed by atoms with Gasteiger partial charge in [0.15, 0.2) is 23.2 Å². The monoisotopic (exact) mass is 705 g/mol. The molecule has 4 amide bonds. The van der Waals surface area contributed by atoms with Crippen molar-refractivity contribution in [1.82, 2.24) is 40.4 Å². The van der Waals surface area contributed by atoms with Gasteiger partial charge in [-0.25, -0.2) is 19.7 Å². The summed E-state index contributed by atoms with van der Waals surface area (Å²) >= 11 is 1.88. The number of imidazole rings is 1. The first-order valence-corrected chi connectivity index (χ1v) is 18.0. The standard InChI is InChI=1S/C31H47N9O8S/c1-39(13-7-11-23(43)44)14-19-26(45)27(46)30(48-19)40-17-35-25-28(33-16-34-29(25)40)37-22(42)10-3-2-6-12-32-21(41)9-5-4-8-20-24-18(15-49-20)36-31(47)38-24/h16-20,24,26-27,30,45-46H,2-15H2,1H3,(H,32,41)(H,43,44)(H2,36,38,47)(H,33,34,37,42)/t18-,19+,20?,24-,26+,27+,30?/m0/s1. The van der Waals surface area contributed by atoms with E-state index in [2.05, 4.69) is 36.2 Å². The Morgan fingerprint density at radius 2 is 1.82 bits per heavy atom. The van der Waals surface area contributed by atoms with Crippen LogP contribution in [0.25, 0.3) is 11.2 Å². The molecule has 5 rings (SSSR count). The number of aliphatic hydroxyl groups is 2. The number of nitrogens with zero attached hydrogens (tertiary/aromatic N) is 5. The molecular weight excluding hydrogens is 658 g/mol. The minimum Gasteiger partial charge on any atom is -0.481 e. The van der Waals surface area contributed by atoms with E-state index in [1.807, 2.05) is 16.7 Å². The Kier molecular flexibility index (Phi) is 13.0. The van der Waals surface area contributed by atoms with Gasteiger partial charge in [0.25, 0.3) is 0 Å². The molecule has 17 nitrogen and oxygen atoms in total. The molecule has 3 fully saturated rings. The number of fused-ring (bicyclic) bond motifs is 2. The topological polar surface area (TPSA) is 233 Å². The van der Waals surface area contributed by atoms with Gasteiger partial charge in [0.2, 0.25) is 11.8 Å². The fourth-order valence-electron chi connectivity index (χ4n) is 6.51. The zero-order chi connectivity index (χ0) is 34.9. The van der Waals surface area contributed by atoms with Gasteiger partial charge in [-0.05, 0) is 45.7 Å². The van der Waals surface area contributed by atoms with Crippen molar-refractivity contribution in [2.45, 2.75) is 106 Å². The van der Waals surface area contributed by atoms with E-state index in [0.29, 0.717) is 48.8 Å². The molecule has 0 saturated carbocycles. The minimum absolute atomic E-state index is 0.0265.